The number of pyridine rings is 1. The maximum Gasteiger partial charge on any atom is 0.284 e. The first-order valence-electron chi connectivity index (χ1n) is 3.63. The van der Waals surface area contributed by atoms with Crippen LogP contribution >= 0.6 is 0 Å². The lowest BCUT2D eigenvalue weighted by atomic mass is 10.2. The molecule has 2 N–H and O–H groups in total. The van der Waals surface area contributed by atoms with Crippen molar-refractivity contribution in [3.05, 3.63) is 17.5 Å². The topological polar surface area (TPSA) is 77.1 Å². The lowest BCUT2D eigenvalue weighted by Crippen LogP contribution is -1.96. The summed E-state index contributed by atoms with van der Waals surface area (Å²) in [6.07, 6.45) is -3.22. The average molecular weight is 200 g/mol. The minimum atomic E-state index is -2.94. The van der Waals surface area contributed by atoms with Crippen molar-refractivity contribution >= 4 is 0 Å². The highest BCUT2D eigenvalue weighted by Crippen LogP contribution is 2.30. The molecule has 0 aliphatic carbocycles. The van der Waals surface area contributed by atoms with Crippen LogP contribution in [0, 0.1) is 11.3 Å². The molecule has 1 aromatic heterocycles. The van der Waals surface area contributed by atoms with E-state index in [-0.39, 0.29) is 12.1 Å². The van der Waals surface area contributed by atoms with Crippen LogP contribution in [0.3, 0.4) is 0 Å². The first-order chi connectivity index (χ1) is 6.56. The first-order valence-corrected chi connectivity index (χ1v) is 3.63. The molecular weight excluding hydrogens is 194 g/mol. The summed E-state index contributed by atoms with van der Waals surface area (Å²) < 4.78 is 24.4. The zero-order chi connectivity index (χ0) is 10.7. The van der Waals surface area contributed by atoms with Crippen molar-refractivity contribution in [1.82, 2.24) is 4.98 Å². The average Bonchev–Trinajstić information content (AvgIpc) is 2.09. The Hall–Kier alpha value is -1.90. The number of hydrogen-bond acceptors (Lipinski definition) is 4. The summed E-state index contributed by atoms with van der Waals surface area (Å²) in [4.78, 5) is 3.29. The fraction of sp³-hybridized carbons (Fsp3) is 0.250. The summed E-state index contributed by atoms with van der Waals surface area (Å²) >= 11 is 0. The Labute approximate surface area is 78.1 Å². The van der Waals surface area contributed by atoms with E-state index < -0.39 is 23.6 Å². The highest BCUT2D eigenvalue weighted by molar-refractivity contribution is 5.39. The maximum absolute atomic E-state index is 12.2. The normalized spacial score (nSPS) is 10.1. The van der Waals surface area contributed by atoms with E-state index in [2.05, 4.69) is 4.98 Å². The Morgan fingerprint density at radius 2 is 2.07 bits per heavy atom. The van der Waals surface area contributed by atoms with Gasteiger partial charge in [0.25, 0.3) is 6.43 Å². The SMILES string of the molecule is N#CCc1nc(C(F)F)c(O)cc1O. The van der Waals surface area contributed by atoms with Gasteiger partial charge in [-0.15, -0.1) is 0 Å². The van der Waals surface area contributed by atoms with Crippen molar-refractivity contribution in [3.63, 3.8) is 0 Å². The molecule has 0 bridgehead atoms. The molecule has 0 saturated carbocycles. The van der Waals surface area contributed by atoms with Crippen molar-refractivity contribution in [3.8, 4) is 17.6 Å². The largest absolute Gasteiger partial charge is 0.506 e. The van der Waals surface area contributed by atoms with Gasteiger partial charge in [-0.2, -0.15) is 5.26 Å². The molecule has 1 rings (SSSR count). The molecule has 1 heterocycles. The maximum atomic E-state index is 12.2. The third kappa shape index (κ3) is 1.88. The summed E-state index contributed by atoms with van der Waals surface area (Å²) in [6.45, 7) is 0. The van der Waals surface area contributed by atoms with Crippen LogP contribution in [0.4, 0.5) is 8.78 Å². The van der Waals surface area contributed by atoms with Gasteiger partial charge in [0.15, 0.2) is 0 Å². The number of nitriles is 1. The van der Waals surface area contributed by atoms with Crippen LogP contribution in [0.2, 0.25) is 0 Å². The van der Waals surface area contributed by atoms with Gasteiger partial charge in [0.1, 0.15) is 17.2 Å². The Morgan fingerprint density at radius 1 is 1.43 bits per heavy atom. The van der Waals surface area contributed by atoms with Crippen LogP contribution < -0.4 is 0 Å². The van der Waals surface area contributed by atoms with E-state index in [0.717, 1.165) is 6.07 Å². The van der Waals surface area contributed by atoms with E-state index in [4.69, 9.17) is 15.5 Å². The van der Waals surface area contributed by atoms with Gasteiger partial charge in [-0.05, 0) is 0 Å². The van der Waals surface area contributed by atoms with Gasteiger partial charge in [0, 0.05) is 6.07 Å². The molecule has 4 nitrogen and oxygen atoms in total. The second-order valence-corrected chi connectivity index (χ2v) is 2.49. The third-order valence-corrected chi connectivity index (χ3v) is 1.54. The summed E-state index contributed by atoms with van der Waals surface area (Å²) in [5, 5.41) is 26.4. The summed E-state index contributed by atoms with van der Waals surface area (Å²) in [5.41, 5.74) is -0.992. The molecule has 0 aromatic carbocycles. The summed E-state index contributed by atoms with van der Waals surface area (Å²) in [6, 6.07) is 2.41. The van der Waals surface area contributed by atoms with Crippen molar-refractivity contribution in [2.24, 2.45) is 0 Å². The molecule has 0 atom stereocenters. The van der Waals surface area contributed by atoms with Crippen LogP contribution in [-0.2, 0) is 6.42 Å². The lowest BCUT2D eigenvalue weighted by molar-refractivity contribution is 0.141. The van der Waals surface area contributed by atoms with Gasteiger partial charge < -0.3 is 10.2 Å². The quantitative estimate of drug-likeness (QED) is 0.758. The second-order valence-electron chi connectivity index (χ2n) is 2.49. The molecule has 0 aliphatic heterocycles. The minimum absolute atomic E-state index is 0.166. The summed E-state index contributed by atoms with van der Waals surface area (Å²) in [5.74, 6) is -1.24. The molecular formula is C8H6F2N2O2. The number of nitrogens with zero attached hydrogens (tertiary/aromatic N) is 2. The Bertz CT molecular complexity index is 388. The number of halogens is 2. The predicted molar refractivity (Wildman–Crippen MR) is 41.8 cm³/mol. The zero-order valence-corrected chi connectivity index (χ0v) is 6.91. The standard InChI is InChI=1S/C8H6F2N2O2/c9-8(10)7-6(14)3-5(13)4(12-7)1-2-11/h3,8,13-14H,1H2. The van der Waals surface area contributed by atoms with E-state index >= 15 is 0 Å². The van der Waals surface area contributed by atoms with Gasteiger partial charge in [0.05, 0.1) is 18.2 Å². The van der Waals surface area contributed by atoms with Crippen molar-refractivity contribution in [2.45, 2.75) is 12.8 Å². The van der Waals surface area contributed by atoms with Gasteiger partial charge in [-0.25, -0.2) is 13.8 Å². The predicted octanol–water partition coefficient (Wildman–Crippen LogP) is 1.50. The van der Waals surface area contributed by atoms with E-state index in [1.165, 1.54) is 0 Å². The third-order valence-electron chi connectivity index (χ3n) is 1.54. The molecule has 0 unspecified atom stereocenters. The van der Waals surface area contributed by atoms with Crippen molar-refractivity contribution in [1.29, 1.82) is 5.26 Å². The number of alkyl halides is 2. The van der Waals surface area contributed by atoms with Crippen LogP contribution in [0.5, 0.6) is 11.5 Å². The van der Waals surface area contributed by atoms with Crippen LogP contribution in [0.1, 0.15) is 17.8 Å². The molecule has 0 fully saturated rings. The smallest absolute Gasteiger partial charge is 0.284 e. The van der Waals surface area contributed by atoms with Gasteiger partial charge >= 0.3 is 0 Å². The molecule has 74 valence electrons. The highest BCUT2D eigenvalue weighted by atomic mass is 19.3. The van der Waals surface area contributed by atoms with Gasteiger partial charge in [0.2, 0.25) is 0 Å². The zero-order valence-electron chi connectivity index (χ0n) is 6.91. The monoisotopic (exact) mass is 200 g/mol. The van der Waals surface area contributed by atoms with Crippen molar-refractivity contribution in [2.75, 3.05) is 0 Å². The number of hydrogen-bond donors (Lipinski definition) is 2. The second kappa shape index (κ2) is 3.87. The molecule has 6 heteroatoms. The van der Waals surface area contributed by atoms with Crippen molar-refractivity contribution < 1.29 is 19.0 Å². The fourth-order valence-corrected chi connectivity index (χ4v) is 0.912. The van der Waals surface area contributed by atoms with E-state index in [0.29, 0.717) is 0 Å². The molecule has 0 saturated heterocycles. The molecule has 14 heavy (non-hydrogen) atoms. The van der Waals surface area contributed by atoms with E-state index in [1.54, 1.807) is 6.07 Å². The minimum Gasteiger partial charge on any atom is -0.506 e. The highest BCUT2D eigenvalue weighted by Gasteiger charge is 2.17. The molecule has 1 aromatic rings. The molecule has 0 aliphatic rings. The number of aromatic hydroxyl groups is 2. The molecule has 0 spiro atoms. The van der Waals surface area contributed by atoms with E-state index in [1.807, 2.05) is 0 Å². The lowest BCUT2D eigenvalue weighted by Gasteiger charge is -2.05. The summed E-state index contributed by atoms with van der Waals surface area (Å²) in [7, 11) is 0. The van der Waals surface area contributed by atoms with Gasteiger partial charge in [-0.1, -0.05) is 0 Å². The Morgan fingerprint density at radius 3 is 2.57 bits per heavy atom. The number of aromatic nitrogens is 1. The van der Waals surface area contributed by atoms with Gasteiger partial charge in [-0.3, -0.25) is 0 Å². The molecule has 0 amide bonds. The molecule has 0 radical (unpaired) electrons. The van der Waals surface area contributed by atoms with Crippen LogP contribution in [0.15, 0.2) is 6.07 Å². The van der Waals surface area contributed by atoms with Crippen LogP contribution in [0.25, 0.3) is 0 Å². The first kappa shape index (κ1) is 10.2. The van der Waals surface area contributed by atoms with E-state index in [9.17, 15) is 8.78 Å². The fourth-order valence-electron chi connectivity index (χ4n) is 0.912. The number of rotatable bonds is 2. The Kier molecular flexibility index (Phi) is 2.82. The Balaban J connectivity index is 3.21. The van der Waals surface area contributed by atoms with Crippen LogP contribution in [-0.4, -0.2) is 15.2 Å².